The molecule has 0 heterocycles. The van der Waals surface area contributed by atoms with Gasteiger partial charge in [0, 0.05) is 11.6 Å². The van der Waals surface area contributed by atoms with Crippen molar-refractivity contribution in [3.63, 3.8) is 0 Å². The van der Waals surface area contributed by atoms with Gasteiger partial charge in [-0.1, -0.05) is 12.0 Å². The van der Waals surface area contributed by atoms with Gasteiger partial charge in [-0.2, -0.15) is 0 Å². The van der Waals surface area contributed by atoms with Crippen molar-refractivity contribution in [2.75, 3.05) is 6.54 Å². The van der Waals surface area contributed by atoms with Gasteiger partial charge in [0.05, 0.1) is 11.4 Å². The second-order valence-electron chi connectivity index (χ2n) is 4.76. The van der Waals surface area contributed by atoms with Crippen LogP contribution in [0.15, 0.2) is 23.1 Å². The zero-order valence-electron chi connectivity index (χ0n) is 11.1. The maximum Gasteiger partial charge on any atom is 0.252 e. The van der Waals surface area contributed by atoms with Gasteiger partial charge in [-0.05, 0) is 37.5 Å². The second kappa shape index (κ2) is 5.65. The number of amides is 1. The zero-order valence-corrected chi connectivity index (χ0v) is 12.0. The molecule has 0 aliphatic heterocycles. The molecule has 0 saturated heterocycles. The summed E-state index contributed by atoms with van der Waals surface area (Å²) in [5.74, 6) is 1.93. The Bertz CT molecular complexity index is 670. The first-order valence-electron chi connectivity index (χ1n) is 6.28. The number of terminal acetylenes is 1. The summed E-state index contributed by atoms with van der Waals surface area (Å²) in [4.78, 5) is 12.0. The number of hydrogen-bond donors (Lipinski definition) is 2. The predicted molar refractivity (Wildman–Crippen MR) is 75.7 cm³/mol. The minimum absolute atomic E-state index is 0.0278. The van der Waals surface area contributed by atoms with Crippen LogP contribution in [0.25, 0.3) is 0 Å². The maximum absolute atomic E-state index is 12.1. The highest BCUT2D eigenvalue weighted by Gasteiger charge is 2.28. The standard InChI is InChI=1S/C14H16N2O3S/c1-3-8-15-14(17)13-9-12(7-4-10(13)2)20(18,19)16-11-5-6-11/h1,4,7,9,11,16H,5-6,8H2,2H3,(H,15,17). The molecular weight excluding hydrogens is 276 g/mol. The Morgan fingerprint density at radius 2 is 2.15 bits per heavy atom. The lowest BCUT2D eigenvalue weighted by molar-refractivity contribution is 0.0958. The molecule has 1 aromatic rings. The van der Waals surface area contributed by atoms with Gasteiger partial charge >= 0.3 is 0 Å². The third kappa shape index (κ3) is 3.38. The van der Waals surface area contributed by atoms with E-state index in [-0.39, 0.29) is 23.4 Å². The number of sulfonamides is 1. The molecule has 6 heteroatoms. The number of benzene rings is 1. The van der Waals surface area contributed by atoms with Gasteiger partial charge in [-0.25, -0.2) is 13.1 Å². The lowest BCUT2D eigenvalue weighted by Gasteiger charge is -2.10. The number of carbonyl (C=O) groups excluding carboxylic acids is 1. The Morgan fingerprint density at radius 1 is 1.45 bits per heavy atom. The van der Waals surface area contributed by atoms with Crippen molar-refractivity contribution in [1.29, 1.82) is 0 Å². The largest absolute Gasteiger partial charge is 0.341 e. The van der Waals surface area contributed by atoms with Crippen LogP contribution in [0.5, 0.6) is 0 Å². The molecule has 0 aromatic heterocycles. The molecule has 2 N–H and O–H groups in total. The average molecular weight is 292 g/mol. The molecule has 0 spiro atoms. The molecule has 2 rings (SSSR count). The van der Waals surface area contributed by atoms with Gasteiger partial charge in [0.2, 0.25) is 10.0 Å². The first-order chi connectivity index (χ1) is 9.44. The van der Waals surface area contributed by atoms with Gasteiger partial charge in [-0.15, -0.1) is 6.42 Å². The molecule has 1 aliphatic carbocycles. The molecule has 1 saturated carbocycles. The molecular formula is C14H16N2O3S. The monoisotopic (exact) mass is 292 g/mol. The van der Waals surface area contributed by atoms with Crippen molar-refractivity contribution in [3.05, 3.63) is 29.3 Å². The van der Waals surface area contributed by atoms with Crippen LogP contribution in [0, 0.1) is 19.3 Å². The highest BCUT2D eigenvalue weighted by molar-refractivity contribution is 7.89. The van der Waals surface area contributed by atoms with Crippen LogP contribution in [0.3, 0.4) is 0 Å². The molecule has 106 valence electrons. The molecule has 0 radical (unpaired) electrons. The fourth-order valence-corrected chi connectivity index (χ4v) is 3.06. The zero-order chi connectivity index (χ0) is 14.8. The van der Waals surface area contributed by atoms with Crippen LogP contribution in [-0.4, -0.2) is 26.9 Å². The van der Waals surface area contributed by atoms with E-state index >= 15 is 0 Å². The molecule has 5 nitrogen and oxygen atoms in total. The Morgan fingerprint density at radius 3 is 2.75 bits per heavy atom. The summed E-state index contributed by atoms with van der Waals surface area (Å²) in [6.07, 6.45) is 6.81. The smallest absolute Gasteiger partial charge is 0.252 e. The molecule has 1 fully saturated rings. The Hall–Kier alpha value is -1.84. The van der Waals surface area contributed by atoms with E-state index in [0.29, 0.717) is 11.1 Å². The average Bonchev–Trinajstić information content (AvgIpc) is 3.19. The number of aryl methyl sites for hydroxylation is 1. The lowest BCUT2D eigenvalue weighted by atomic mass is 10.1. The van der Waals surface area contributed by atoms with E-state index in [1.807, 2.05) is 0 Å². The number of hydrogen-bond acceptors (Lipinski definition) is 3. The summed E-state index contributed by atoms with van der Waals surface area (Å²) >= 11 is 0. The Labute approximate surface area is 118 Å². The van der Waals surface area contributed by atoms with E-state index < -0.39 is 10.0 Å². The normalized spacial score (nSPS) is 14.6. The molecule has 1 aliphatic rings. The van der Waals surface area contributed by atoms with E-state index in [4.69, 9.17) is 6.42 Å². The van der Waals surface area contributed by atoms with Gasteiger partial charge < -0.3 is 5.32 Å². The molecule has 1 aromatic carbocycles. The SMILES string of the molecule is C#CCNC(=O)c1cc(S(=O)(=O)NC2CC2)ccc1C. The first kappa shape index (κ1) is 14.6. The van der Waals surface area contributed by atoms with Gasteiger partial charge in [0.25, 0.3) is 5.91 Å². The van der Waals surface area contributed by atoms with E-state index in [1.54, 1.807) is 13.0 Å². The van der Waals surface area contributed by atoms with Gasteiger partial charge in [0.15, 0.2) is 0 Å². The van der Waals surface area contributed by atoms with Crippen molar-refractivity contribution < 1.29 is 13.2 Å². The quantitative estimate of drug-likeness (QED) is 0.788. The minimum Gasteiger partial charge on any atom is -0.341 e. The fraction of sp³-hybridized carbons (Fsp3) is 0.357. The van der Waals surface area contributed by atoms with Crippen LogP contribution in [-0.2, 0) is 10.0 Å². The van der Waals surface area contributed by atoms with Crippen LogP contribution in [0.1, 0.15) is 28.8 Å². The van der Waals surface area contributed by atoms with Crippen molar-refractivity contribution in [1.82, 2.24) is 10.0 Å². The van der Waals surface area contributed by atoms with E-state index in [0.717, 1.165) is 12.8 Å². The van der Waals surface area contributed by atoms with Gasteiger partial charge in [-0.3, -0.25) is 4.79 Å². The third-order valence-electron chi connectivity index (χ3n) is 3.01. The highest BCUT2D eigenvalue weighted by atomic mass is 32.2. The van der Waals surface area contributed by atoms with Crippen molar-refractivity contribution in [3.8, 4) is 12.3 Å². The van der Waals surface area contributed by atoms with E-state index in [9.17, 15) is 13.2 Å². The predicted octanol–water partition coefficient (Wildman–Crippen LogP) is 0.799. The minimum atomic E-state index is -3.56. The maximum atomic E-state index is 12.1. The van der Waals surface area contributed by atoms with Gasteiger partial charge in [0.1, 0.15) is 0 Å². The molecule has 0 bridgehead atoms. The summed E-state index contributed by atoms with van der Waals surface area (Å²) in [5.41, 5.74) is 1.02. The van der Waals surface area contributed by atoms with Crippen LogP contribution >= 0.6 is 0 Å². The summed E-state index contributed by atoms with van der Waals surface area (Å²) in [6, 6.07) is 4.52. The third-order valence-corrected chi connectivity index (χ3v) is 4.53. The van der Waals surface area contributed by atoms with E-state index in [1.165, 1.54) is 12.1 Å². The second-order valence-corrected chi connectivity index (χ2v) is 6.47. The summed E-state index contributed by atoms with van der Waals surface area (Å²) in [7, 11) is -3.56. The highest BCUT2D eigenvalue weighted by Crippen LogP contribution is 2.23. The van der Waals surface area contributed by atoms with Crippen molar-refractivity contribution in [2.24, 2.45) is 0 Å². The van der Waals surface area contributed by atoms with E-state index in [2.05, 4.69) is 16.0 Å². The number of nitrogens with one attached hydrogen (secondary N) is 2. The van der Waals surface area contributed by atoms with Crippen LogP contribution < -0.4 is 10.0 Å². The van der Waals surface area contributed by atoms with Crippen LogP contribution in [0.4, 0.5) is 0 Å². The molecule has 0 unspecified atom stereocenters. The first-order valence-corrected chi connectivity index (χ1v) is 7.77. The fourth-order valence-electron chi connectivity index (χ4n) is 1.73. The summed E-state index contributed by atoms with van der Waals surface area (Å²) < 4.78 is 26.8. The summed E-state index contributed by atoms with van der Waals surface area (Å²) in [6.45, 7) is 1.85. The Kier molecular flexibility index (Phi) is 4.12. The molecule has 1 amide bonds. The molecule has 20 heavy (non-hydrogen) atoms. The molecule has 0 atom stereocenters. The number of carbonyl (C=O) groups is 1. The number of rotatable bonds is 5. The van der Waals surface area contributed by atoms with Crippen molar-refractivity contribution >= 4 is 15.9 Å². The lowest BCUT2D eigenvalue weighted by Crippen LogP contribution is -2.27. The topological polar surface area (TPSA) is 75.3 Å². The summed E-state index contributed by atoms with van der Waals surface area (Å²) in [5, 5.41) is 2.53. The van der Waals surface area contributed by atoms with Crippen molar-refractivity contribution in [2.45, 2.75) is 30.7 Å². The van der Waals surface area contributed by atoms with Crippen LogP contribution in [0.2, 0.25) is 0 Å². The Balaban J connectivity index is 2.28.